The molecule has 0 unspecified atom stereocenters. The SMILES string of the molecule is N#Cc1nc(C(=N)OC(=N)Cc2ccc(F)cc2)c(O)c2ncccc12. The van der Waals surface area contributed by atoms with Crippen LogP contribution in [0.4, 0.5) is 4.39 Å². The Morgan fingerprint density at radius 1 is 1.23 bits per heavy atom. The Morgan fingerprint density at radius 3 is 2.65 bits per heavy atom. The van der Waals surface area contributed by atoms with Crippen molar-refractivity contribution in [3.05, 3.63) is 65.4 Å². The molecule has 0 radical (unpaired) electrons. The van der Waals surface area contributed by atoms with E-state index in [1.165, 1.54) is 30.5 Å². The van der Waals surface area contributed by atoms with Crippen LogP contribution in [0.3, 0.4) is 0 Å². The van der Waals surface area contributed by atoms with Crippen LogP contribution in [0.25, 0.3) is 10.9 Å². The van der Waals surface area contributed by atoms with E-state index in [2.05, 4.69) is 9.97 Å². The zero-order valence-electron chi connectivity index (χ0n) is 13.3. The Labute approximate surface area is 147 Å². The smallest absolute Gasteiger partial charge is 0.243 e. The number of nitriles is 1. The summed E-state index contributed by atoms with van der Waals surface area (Å²) in [6.07, 6.45) is 1.47. The second kappa shape index (κ2) is 6.94. The van der Waals surface area contributed by atoms with Crippen LogP contribution in [-0.4, -0.2) is 26.9 Å². The maximum atomic E-state index is 12.9. The number of nitrogens with one attached hydrogen (secondary N) is 2. The molecule has 0 saturated heterocycles. The van der Waals surface area contributed by atoms with Crippen LogP contribution in [0.1, 0.15) is 17.0 Å². The number of hydrogen-bond acceptors (Lipinski definition) is 7. The maximum absolute atomic E-state index is 12.9. The molecule has 2 heterocycles. The maximum Gasteiger partial charge on any atom is 0.243 e. The lowest BCUT2D eigenvalue weighted by Gasteiger charge is -2.11. The number of halogens is 1. The van der Waals surface area contributed by atoms with E-state index in [1.54, 1.807) is 12.1 Å². The molecular weight excluding hydrogens is 337 g/mol. The molecule has 0 aliphatic rings. The van der Waals surface area contributed by atoms with Gasteiger partial charge in [0.25, 0.3) is 0 Å². The molecule has 0 saturated carbocycles. The highest BCUT2D eigenvalue weighted by molar-refractivity contribution is 6.04. The minimum atomic E-state index is -0.585. The molecule has 2 aromatic heterocycles. The molecular formula is C18H12FN5O2. The second-order valence-electron chi connectivity index (χ2n) is 5.33. The Morgan fingerprint density at radius 2 is 1.96 bits per heavy atom. The highest BCUT2D eigenvalue weighted by Crippen LogP contribution is 2.27. The van der Waals surface area contributed by atoms with E-state index in [0.717, 1.165) is 0 Å². The van der Waals surface area contributed by atoms with E-state index in [1.807, 2.05) is 6.07 Å². The standard InChI is InChI=1S/C18H12FN5O2/c19-11-5-3-10(4-6-11)8-14(21)26-18(22)16-17(25)15-12(2-1-7-23-15)13(9-20)24-16/h1-7,21-22,25H,8H2. The van der Waals surface area contributed by atoms with Gasteiger partial charge < -0.3 is 9.84 Å². The Hall–Kier alpha value is -3.86. The molecule has 26 heavy (non-hydrogen) atoms. The number of nitrogens with zero attached hydrogens (tertiary/aromatic N) is 3. The summed E-state index contributed by atoms with van der Waals surface area (Å²) < 4.78 is 18.0. The number of ether oxygens (including phenoxy) is 1. The molecule has 0 atom stereocenters. The molecule has 0 spiro atoms. The molecule has 1 aromatic carbocycles. The van der Waals surface area contributed by atoms with Crippen LogP contribution in [0.15, 0.2) is 42.6 Å². The van der Waals surface area contributed by atoms with Gasteiger partial charge in [-0.05, 0) is 29.8 Å². The molecule has 0 aliphatic heterocycles. The molecule has 8 heteroatoms. The van der Waals surface area contributed by atoms with Gasteiger partial charge in [-0.3, -0.25) is 15.8 Å². The number of aromatic hydroxyl groups is 1. The van der Waals surface area contributed by atoms with Gasteiger partial charge >= 0.3 is 0 Å². The molecule has 0 amide bonds. The van der Waals surface area contributed by atoms with Gasteiger partial charge in [-0.2, -0.15) is 5.26 Å². The molecule has 7 nitrogen and oxygen atoms in total. The van der Waals surface area contributed by atoms with Gasteiger partial charge in [0.15, 0.2) is 23.0 Å². The van der Waals surface area contributed by atoms with Crippen molar-refractivity contribution in [2.45, 2.75) is 6.42 Å². The molecule has 0 bridgehead atoms. The zero-order chi connectivity index (χ0) is 18.7. The quantitative estimate of drug-likeness (QED) is 0.495. The minimum Gasteiger partial charge on any atom is -0.504 e. The van der Waals surface area contributed by atoms with Crippen molar-refractivity contribution in [1.29, 1.82) is 16.1 Å². The first-order valence-corrected chi connectivity index (χ1v) is 7.46. The average Bonchev–Trinajstić information content (AvgIpc) is 2.64. The first-order valence-electron chi connectivity index (χ1n) is 7.46. The fraction of sp³-hybridized carbons (Fsp3) is 0.0556. The molecule has 3 rings (SSSR count). The van der Waals surface area contributed by atoms with E-state index in [9.17, 15) is 14.8 Å². The van der Waals surface area contributed by atoms with Gasteiger partial charge in [0.2, 0.25) is 5.90 Å². The highest BCUT2D eigenvalue weighted by atomic mass is 19.1. The Kier molecular flexibility index (Phi) is 4.53. The molecule has 0 fully saturated rings. The highest BCUT2D eigenvalue weighted by Gasteiger charge is 2.20. The van der Waals surface area contributed by atoms with Crippen molar-refractivity contribution in [2.24, 2.45) is 0 Å². The summed E-state index contributed by atoms with van der Waals surface area (Å²) in [5.41, 5.74) is 0.447. The third-order valence-corrected chi connectivity index (χ3v) is 3.56. The van der Waals surface area contributed by atoms with Crippen LogP contribution in [0.5, 0.6) is 5.75 Å². The van der Waals surface area contributed by atoms with Gasteiger partial charge in [-0.1, -0.05) is 12.1 Å². The lowest BCUT2D eigenvalue weighted by Crippen LogP contribution is -2.16. The van der Waals surface area contributed by atoms with E-state index in [0.29, 0.717) is 10.9 Å². The summed E-state index contributed by atoms with van der Waals surface area (Å²) in [4.78, 5) is 7.95. The fourth-order valence-corrected chi connectivity index (χ4v) is 2.36. The summed E-state index contributed by atoms with van der Waals surface area (Å²) in [6.45, 7) is 0. The van der Waals surface area contributed by atoms with Crippen molar-refractivity contribution in [2.75, 3.05) is 0 Å². The van der Waals surface area contributed by atoms with E-state index in [-0.39, 0.29) is 29.2 Å². The second-order valence-corrected chi connectivity index (χ2v) is 5.33. The third kappa shape index (κ3) is 3.32. The largest absolute Gasteiger partial charge is 0.504 e. The summed E-state index contributed by atoms with van der Waals surface area (Å²) in [5, 5.41) is 35.7. The fourth-order valence-electron chi connectivity index (χ4n) is 2.36. The average molecular weight is 349 g/mol. The monoisotopic (exact) mass is 349 g/mol. The molecule has 3 N–H and O–H groups in total. The Bertz CT molecular complexity index is 1060. The first-order chi connectivity index (χ1) is 12.5. The van der Waals surface area contributed by atoms with Crippen LogP contribution >= 0.6 is 0 Å². The first kappa shape index (κ1) is 17.0. The van der Waals surface area contributed by atoms with Crippen LogP contribution in [0.2, 0.25) is 0 Å². The number of benzene rings is 1. The van der Waals surface area contributed by atoms with Crippen molar-refractivity contribution in [3.63, 3.8) is 0 Å². The van der Waals surface area contributed by atoms with Gasteiger partial charge in [0.1, 0.15) is 17.4 Å². The number of fused-ring (bicyclic) bond motifs is 1. The molecule has 0 aliphatic carbocycles. The van der Waals surface area contributed by atoms with Crippen molar-refractivity contribution >= 4 is 22.7 Å². The molecule has 128 valence electrons. The van der Waals surface area contributed by atoms with Gasteiger partial charge in [-0.15, -0.1) is 0 Å². The lowest BCUT2D eigenvalue weighted by molar-refractivity contribution is 0.466. The van der Waals surface area contributed by atoms with E-state index >= 15 is 0 Å². The number of aromatic nitrogens is 2. The number of pyridine rings is 2. The Balaban J connectivity index is 1.86. The van der Waals surface area contributed by atoms with Gasteiger partial charge in [0, 0.05) is 18.0 Å². The molecule has 3 aromatic rings. The van der Waals surface area contributed by atoms with Crippen molar-refractivity contribution in [1.82, 2.24) is 9.97 Å². The van der Waals surface area contributed by atoms with E-state index < -0.39 is 17.5 Å². The topological polar surface area (TPSA) is 127 Å². The minimum absolute atomic E-state index is 0.0145. The van der Waals surface area contributed by atoms with Gasteiger partial charge in [0.05, 0.1) is 0 Å². The van der Waals surface area contributed by atoms with Crippen LogP contribution in [0, 0.1) is 28.0 Å². The lowest BCUT2D eigenvalue weighted by atomic mass is 10.1. The zero-order valence-corrected chi connectivity index (χ0v) is 13.3. The summed E-state index contributed by atoms with van der Waals surface area (Å²) in [5.74, 6) is -1.67. The van der Waals surface area contributed by atoms with E-state index in [4.69, 9.17) is 15.6 Å². The predicted molar refractivity (Wildman–Crippen MR) is 91.7 cm³/mol. The van der Waals surface area contributed by atoms with Crippen LogP contribution < -0.4 is 0 Å². The van der Waals surface area contributed by atoms with Crippen molar-refractivity contribution in [3.8, 4) is 11.8 Å². The third-order valence-electron chi connectivity index (χ3n) is 3.56. The number of rotatable bonds is 3. The predicted octanol–water partition coefficient (Wildman–Crippen LogP) is 2.91. The van der Waals surface area contributed by atoms with Gasteiger partial charge in [-0.25, -0.2) is 9.37 Å². The summed E-state index contributed by atoms with van der Waals surface area (Å²) >= 11 is 0. The number of hydrogen-bond donors (Lipinski definition) is 3. The van der Waals surface area contributed by atoms with Crippen LogP contribution in [-0.2, 0) is 11.2 Å². The summed E-state index contributed by atoms with van der Waals surface area (Å²) in [7, 11) is 0. The normalized spacial score (nSPS) is 10.3. The van der Waals surface area contributed by atoms with Crippen molar-refractivity contribution < 1.29 is 14.2 Å². The summed E-state index contributed by atoms with van der Waals surface area (Å²) in [6, 6.07) is 10.6.